The van der Waals surface area contributed by atoms with Crippen molar-refractivity contribution in [1.82, 2.24) is 9.88 Å². The molecule has 0 saturated carbocycles. The molecule has 0 N–H and O–H groups in total. The van der Waals surface area contributed by atoms with Crippen LogP contribution in [-0.2, 0) is 0 Å². The largest absolute Gasteiger partial charge is 0.495 e. The van der Waals surface area contributed by atoms with Gasteiger partial charge in [-0.25, -0.2) is 4.98 Å². The average molecular weight is 460 g/mol. The third-order valence-corrected chi connectivity index (χ3v) is 6.09. The highest BCUT2D eigenvalue weighted by Gasteiger charge is 2.24. The van der Waals surface area contributed by atoms with Crippen molar-refractivity contribution in [1.29, 1.82) is 0 Å². The predicted molar refractivity (Wildman–Crippen MR) is 127 cm³/mol. The van der Waals surface area contributed by atoms with E-state index >= 15 is 0 Å². The first-order chi connectivity index (χ1) is 15.4. The van der Waals surface area contributed by atoms with Crippen LogP contribution in [-0.4, -0.2) is 71.4 Å². The molecule has 8 nitrogen and oxygen atoms in total. The van der Waals surface area contributed by atoms with Crippen LogP contribution in [0.2, 0.25) is 0 Å². The molecule has 0 fully saturated rings. The summed E-state index contributed by atoms with van der Waals surface area (Å²) in [5, 5.41) is 0.585. The van der Waals surface area contributed by atoms with Crippen LogP contribution in [0, 0.1) is 0 Å². The zero-order valence-corrected chi connectivity index (χ0v) is 20.1. The zero-order valence-electron chi connectivity index (χ0n) is 19.3. The van der Waals surface area contributed by atoms with E-state index in [1.807, 2.05) is 26.2 Å². The number of thiazole rings is 1. The van der Waals surface area contributed by atoms with E-state index in [2.05, 4.69) is 4.90 Å². The number of aromatic nitrogens is 1. The van der Waals surface area contributed by atoms with Crippen LogP contribution in [0.1, 0.15) is 16.8 Å². The van der Waals surface area contributed by atoms with E-state index in [1.165, 1.54) is 11.3 Å². The summed E-state index contributed by atoms with van der Waals surface area (Å²) in [6.45, 7) is 1.35. The number of rotatable bonds is 10. The van der Waals surface area contributed by atoms with Crippen LogP contribution in [0.15, 0.2) is 30.3 Å². The second kappa shape index (κ2) is 10.5. The molecule has 0 radical (unpaired) electrons. The summed E-state index contributed by atoms with van der Waals surface area (Å²) in [5.41, 5.74) is 1.16. The van der Waals surface area contributed by atoms with Gasteiger partial charge >= 0.3 is 0 Å². The number of methoxy groups -OCH3 is 4. The number of nitrogens with zero attached hydrogens (tertiary/aromatic N) is 3. The predicted octanol–water partition coefficient (Wildman–Crippen LogP) is 3.93. The number of ether oxygens (including phenoxy) is 4. The highest BCUT2D eigenvalue weighted by molar-refractivity contribution is 7.22. The number of benzene rings is 2. The normalized spacial score (nSPS) is 11.0. The molecule has 172 valence electrons. The third-order valence-electron chi connectivity index (χ3n) is 4.99. The number of carbonyl (C=O) groups is 1. The molecule has 1 heterocycles. The Hall–Kier alpha value is -3.04. The van der Waals surface area contributed by atoms with E-state index in [1.54, 1.807) is 51.5 Å². The minimum atomic E-state index is -0.165. The van der Waals surface area contributed by atoms with Gasteiger partial charge in [-0.15, -0.1) is 0 Å². The Morgan fingerprint density at radius 1 is 0.875 bits per heavy atom. The van der Waals surface area contributed by atoms with E-state index in [0.29, 0.717) is 45.8 Å². The van der Waals surface area contributed by atoms with Gasteiger partial charge in [-0.3, -0.25) is 9.69 Å². The van der Waals surface area contributed by atoms with E-state index in [0.717, 1.165) is 17.7 Å². The van der Waals surface area contributed by atoms with Crippen LogP contribution < -0.4 is 23.8 Å². The molecule has 9 heteroatoms. The van der Waals surface area contributed by atoms with Gasteiger partial charge in [0.2, 0.25) is 0 Å². The van der Waals surface area contributed by atoms with Crippen LogP contribution in [0.5, 0.6) is 23.0 Å². The molecule has 3 aromatic rings. The fourth-order valence-corrected chi connectivity index (χ4v) is 4.44. The first kappa shape index (κ1) is 23.6. The highest BCUT2D eigenvalue weighted by Crippen LogP contribution is 2.40. The molecule has 0 saturated heterocycles. The quantitative estimate of drug-likeness (QED) is 0.455. The van der Waals surface area contributed by atoms with E-state index in [9.17, 15) is 4.79 Å². The molecule has 1 amide bonds. The Kier molecular flexibility index (Phi) is 7.76. The summed E-state index contributed by atoms with van der Waals surface area (Å²) in [7, 11) is 10.3. The molecule has 0 spiro atoms. The molecule has 32 heavy (non-hydrogen) atoms. The molecule has 0 bridgehead atoms. The lowest BCUT2D eigenvalue weighted by atomic mass is 10.1. The number of fused-ring (bicyclic) bond motifs is 1. The number of anilines is 1. The third kappa shape index (κ3) is 4.89. The van der Waals surface area contributed by atoms with Gasteiger partial charge in [-0.05, 0) is 57.4 Å². The van der Waals surface area contributed by atoms with E-state index < -0.39 is 0 Å². The monoisotopic (exact) mass is 459 g/mol. The number of carbonyl (C=O) groups excluding carboxylic acids is 1. The van der Waals surface area contributed by atoms with Gasteiger partial charge in [-0.1, -0.05) is 11.3 Å². The maximum Gasteiger partial charge on any atom is 0.260 e. The average Bonchev–Trinajstić information content (AvgIpc) is 3.25. The molecule has 0 aliphatic rings. The molecule has 3 rings (SSSR count). The Balaban J connectivity index is 2.05. The number of hydrogen-bond donors (Lipinski definition) is 0. The second-order valence-corrected chi connectivity index (χ2v) is 8.31. The summed E-state index contributed by atoms with van der Waals surface area (Å²) in [6.07, 6.45) is 0.788. The fraction of sp³-hybridized carbons (Fsp3) is 0.391. The Bertz CT molecular complexity index is 1040. The summed E-state index contributed by atoms with van der Waals surface area (Å²) in [4.78, 5) is 22.1. The van der Waals surface area contributed by atoms with Crippen molar-refractivity contribution in [2.45, 2.75) is 6.42 Å². The van der Waals surface area contributed by atoms with Gasteiger partial charge in [0.1, 0.15) is 21.7 Å². The van der Waals surface area contributed by atoms with Crippen LogP contribution in [0.25, 0.3) is 10.2 Å². The molecular formula is C23H29N3O5S. The minimum absolute atomic E-state index is 0.165. The van der Waals surface area contributed by atoms with Crippen molar-refractivity contribution in [2.24, 2.45) is 0 Å². The molecule has 0 aliphatic heterocycles. The van der Waals surface area contributed by atoms with Gasteiger partial charge in [-0.2, -0.15) is 0 Å². The Morgan fingerprint density at radius 3 is 2.12 bits per heavy atom. The summed E-state index contributed by atoms with van der Waals surface area (Å²) >= 11 is 1.40. The van der Waals surface area contributed by atoms with Crippen LogP contribution in [0.4, 0.5) is 5.13 Å². The van der Waals surface area contributed by atoms with Crippen molar-refractivity contribution in [3.05, 3.63) is 35.9 Å². The standard InChI is InChI=1S/C23H29N3O5S/c1-25(2)12-7-13-26(22(27)15-8-9-16(28-3)19(14-15)31-6)23-24-20-17(29-4)10-11-18(30-5)21(20)32-23/h8-11,14H,7,12-13H2,1-6H3. The fourth-order valence-electron chi connectivity index (χ4n) is 3.34. The molecule has 0 atom stereocenters. The Labute approximate surface area is 192 Å². The van der Waals surface area contributed by atoms with E-state index in [-0.39, 0.29) is 5.91 Å². The number of hydrogen-bond acceptors (Lipinski definition) is 8. The smallest absolute Gasteiger partial charge is 0.260 e. The zero-order chi connectivity index (χ0) is 23.3. The van der Waals surface area contributed by atoms with Crippen LogP contribution in [0.3, 0.4) is 0 Å². The summed E-state index contributed by atoms with van der Waals surface area (Å²) in [6, 6.07) is 8.81. The summed E-state index contributed by atoms with van der Waals surface area (Å²) in [5.74, 6) is 2.23. The topological polar surface area (TPSA) is 73.4 Å². The van der Waals surface area contributed by atoms with Crippen LogP contribution >= 0.6 is 11.3 Å². The lowest BCUT2D eigenvalue weighted by Crippen LogP contribution is -2.33. The highest BCUT2D eigenvalue weighted by atomic mass is 32.1. The van der Waals surface area contributed by atoms with Gasteiger partial charge < -0.3 is 23.8 Å². The van der Waals surface area contributed by atoms with Gasteiger partial charge in [0.25, 0.3) is 5.91 Å². The molecule has 1 aromatic heterocycles. The van der Waals surface area contributed by atoms with Crippen molar-refractivity contribution < 1.29 is 23.7 Å². The SMILES string of the molecule is COc1ccc(C(=O)N(CCCN(C)C)c2nc3c(OC)ccc(OC)c3s2)cc1OC. The number of amides is 1. The molecule has 2 aromatic carbocycles. The molecular weight excluding hydrogens is 430 g/mol. The summed E-state index contributed by atoms with van der Waals surface area (Å²) < 4.78 is 22.5. The van der Waals surface area contributed by atoms with Gasteiger partial charge in [0.05, 0.1) is 28.4 Å². The van der Waals surface area contributed by atoms with Gasteiger partial charge in [0.15, 0.2) is 16.6 Å². The molecule has 0 unspecified atom stereocenters. The lowest BCUT2D eigenvalue weighted by molar-refractivity contribution is 0.0985. The van der Waals surface area contributed by atoms with E-state index in [4.69, 9.17) is 23.9 Å². The Morgan fingerprint density at radius 2 is 1.50 bits per heavy atom. The van der Waals surface area contributed by atoms with Gasteiger partial charge in [0, 0.05) is 12.1 Å². The second-order valence-electron chi connectivity index (χ2n) is 7.33. The minimum Gasteiger partial charge on any atom is -0.495 e. The van der Waals surface area contributed by atoms with Crippen molar-refractivity contribution in [3.63, 3.8) is 0 Å². The van der Waals surface area contributed by atoms with Crippen molar-refractivity contribution >= 4 is 32.6 Å². The maximum atomic E-state index is 13.6. The molecule has 0 aliphatic carbocycles. The first-order valence-electron chi connectivity index (χ1n) is 10.1. The maximum absolute atomic E-state index is 13.6. The van der Waals surface area contributed by atoms with Crippen molar-refractivity contribution in [3.8, 4) is 23.0 Å². The first-order valence-corrected chi connectivity index (χ1v) is 10.9. The lowest BCUT2D eigenvalue weighted by Gasteiger charge is -2.21. The van der Waals surface area contributed by atoms with Crippen molar-refractivity contribution in [2.75, 3.05) is 60.5 Å².